The fraction of sp³-hybridized carbons (Fsp3) is 0.188. The molecule has 11 heteroatoms. The van der Waals surface area contributed by atoms with Crippen LogP contribution in [0.3, 0.4) is 0 Å². The summed E-state index contributed by atoms with van der Waals surface area (Å²) in [5, 5.41) is 6.75. The lowest BCUT2D eigenvalue weighted by Crippen LogP contribution is -2.28. The molecule has 43 heavy (non-hydrogen) atoms. The number of amides is 1. The number of nitrogens with one attached hydrogen (secondary N) is 2. The van der Waals surface area contributed by atoms with Crippen LogP contribution >= 0.6 is 11.8 Å². The van der Waals surface area contributed by atoms with Gasteiger partial charge in [0.05, 0.1) is 22.7 Å². The molecule has 0 radical (unpaired) electrons. The van der Waals surface area contributed by atoms with E-state index in [1.165, 1.54) is 43.2 Å². The average molecular weight is 603 g/mol. The van der Waals surface area contributed by atoms with E-state index in [1.54, 1.807) is 30.3 Å². The topological polar surface area (TPSA) is 106 Å². The molecule has 0 bridgehead atoms. The second-order valence-electron chi connectivity index (χ2n) is 10.3. The zero-order chi connectivity index (χ0) is 30.7. The first kappa shape index (κ1) is 29.8. The number of rotatable bonds is 8. The number of fused-ring (bicyclic) bond motifs is 1. The van der Waals surface area contributed by atoms with Crippen LogP contribution in [0, 0.1) is 0 Å². The normalized spacial score (nSPS) is 12.3. The molecule has 2 heterocycles. The fourth-order valence-electron chi connectivity index (χ4n) is 4.52. The molecule has 7 nitrogen and oxygen atoms in total. The monoisotopic (exact) mass is 602 g/mol. The molecular weight excluding hydrogens is 573 g/mol. The van der Waals surface area contributed by atoms with E-state index in [-0.39, 0.29) is 17.0 Å². The van der Waals surface area contributed by atoms with Crippen LogP contribution in [-0.4, -0.2) is 20.9 Å². The maximum atomic E-state index is 13.6. The number of nitrogen functional groups attached to an aromatic ring is 1. The van der Waals surface area contributed by atoms with Crippen molar-refractivity contribution in [1.82, 2.24) is 20.3 Å². The number of nitrogens with zero attached hydrogens (tertiary/aromatic N) is 3. The Kier molecular flexibility index (Phi) is 8.54. The van der Waals surface area contributed by atoms with Gasteiger partial charge < -0.3 is 16.4 Å². The molecule has 5 rings (SSSR count). The number of hydrogen-bond acceptors (Lipinski definition) is 7. The van der Waals surface area contributed by atoms with Crippen LogP contribution in [0.5, 0.6) is 0 Å². The van der Waals surface area contributed by atoms with E-state index in [1.807, 2.05) is 38.1 Å². The number of anilines is 3. The zero-order valence-corrected chi connectivity index (χ0v) is 24.4. The third kappa shape index (κ3) is 6.89. The first-order chi connectivity index (χ1) is 20.5. The van der Waals surface area contributed by atoms with Crippen LogP contribution in [0.15, 0.2) is 95.0 Å². The van der Waals surface area contributed by atoms with E-state index in [9.17, 15) is 18.0 Å². The summed E-state index contributed by atoms with van der Waals surface area (Å²) in [5.41, 5.74) is 7.95. The third-order valence-electron chi connectivity index (χ3n) is 6.79. The highest BCUT2D eigenvalue weighted by atomic mass is 32.2. The van der Waals surface area contributed by atoms with Crippen molar-refractivity contribution in [3.8, 4) is 0 Å². The van der Waals surface area contributed by atoms with Gasteiger partial charge in [-0.15, -0.1) is 0 Å². The quantitative estimate of drug-likeness (QED) is 0.154. The van der Waals surface area contributed by atoms with Crippen molar-refractivity contribution in [2.24, 2.45) is 0 Å². The summed E-state index contributed by atoms with van der Waals surface area (Å²) in [4.78, 5) is 28.5. The average Bonchev–Trinajstić information content (AvgIpc) is 2.98. The van der Waals surface area contributed by atoms with Gasteiger partial charge in [-0.3, -0.25) is 4.79 Å². The fourth-order valence-corrected chi connectivity index (χ4v) is 5.40. The van der Waals surface area contributed by atoms with Crippen LogP contribution in [0.1, 0.15) is 59.9 Å². The lowest BCUT2D eigenvalue weighted by molar-refractivity contribution is -0.138. The van der Waals surface area contributed by atoms with Crippen molar-refractivity contribution >= 4 is 45.9 Å². The Morgan fingerprint density at radius 2 is 1.67 bits per heavy atom. The van der Waals surface area contributed by atoms with E-state index in [2.05, 4.69) is 25.6 Å². The molecule has 1 unspecified atom stereocenters. The van der Waals surface area contributed by atoms with Crippen LogP contribution in [-0.2, 0) is 6.18 Å². The number of carbonyl (C=O) groups excluding carboxylic acids is 1. The smallest absolute Gasteiger partial charge is 0.399 e. The van der Waals surface area contributed by atoms with Gasteiger partial charge in [0.25, 0.3) is 5.91 Å². The Bertz CT molecular complexity index is 1780. The number of benzene rings is 3. The van der Waals surface area contributed by atoms with Crippen molar-refractivity contribution < 1.29 is 18.0 Å². The van der Waals surface area contributed by atoms with Crippen LogP contribution in [0.4, 0.5) is 30.4 Å². The van der Waals surface area contributed by atoms with Crippen molar-refractivity contribution in [3.05, 3.63) is 108 Å². The maximum absolute atomic E-state index is 13.6. The Hall–Kier alpha value is -4.64. The number of halogens is 3. The Balaban J connectivity index is 1.49. The highest BCUT2D eigenvalue weighted by Crippen LogP contribution is 2.38. The summed E-state index contributed by atoms with van der Waals surface area (Å²) >= 11 is 1.46. The van der Waals surface area contributed by atoms with Crippen molar-refractivity contribution in [2.75, 3.05) is 11.1 Å². The maximum Gasteiger partial charge on any atom is 0.416 e. The standard InChI is InChI=1S/C32H29F3N6OS/c1-18(2)26-14-13-24-29(40-26)37-17-38-30(24)41-27-16-20(8-15-28(27)43-22-11-9-21(36)10-12-22)31(42)39-19(3)23-6-4-5-7-25(23)32(33,34)35/h4-19H,36H2,1-3H3,(H,39,42)(H,37,38,40,41). The summed E-state index contributed by atoms with van der Waals surface area (Å²) in [6.45, 7) is 5.63. The van der Waals surface area contributed by atoms with E-state index in [0.717, 1.165) is 21.6 Å². The molecule has 0 aliphatic carbocycles. The van der Waals surface area contributed by atoms with Gasteiger partial charge in [-0.25, -0.2) is 15.0 Å². The largest absolute Gasteiger partial charge is 0.416 e. The Morgan fingerprint density at radius 3 is 2.40 bits per heavy atom. The summed E-state index contributed by atoms with van der Waals surface area (Å²) < 4.78 is 40.8. The van der Waals surface area contributed by atoms with E-state index in [4.69, 9.17) is 5.73 Å². The molecule has 1 atom stereocenters. The molecule has 0 saturated carbocycles. The van der Waals surface area contributed by atoms with Crippen molar-refractivity contribution in [3.63, 3.8) is 0 Å². The van der Waals surface area contributed by atoms with Gasteiger partial charge >= 0.3 is 6.18 Å². The minimum Gasteiger partial charge on any atom is -0.399 e. The first-order valence-electron chi connectivity index (χ1n) is 13.5. The predicted octanol–water partition coefficient (Wildman–Crippen LogP) is 8.14. The molecule has 3 aromatic carbocycles. The molecule has 0 spiro atoms. The minimum atomic E-state index is -4.54. The predicted molar refractivity (Wildman–Crippen MR) is 163 cm³/mol. The van der Waals surface area contributed by atoms with Crippen molar-refractivity contribution in [2.45, 2.75) is 48.7 Å². The number of alkyl halides is 3. The number of carbonyl (C=O) groups is 1. The summed E-state index contributed by atoms with van der Waals surface area (Å²) in [5.74, 6) is 0.198. The molecule has 4 N–H and O–H groups in total. The van der Waals surface area contributed by atoms with Crippen LogP contribution in [0.2, 0.25) is 0 Å². The lowest BCUT2D eigenvalue weighted by atomic mass is 10.0. The highest BCUT2D eigenvalue weighted by Gasteiger charge is 2.34. The summed E-state index contributed by atoms with van der Waals surface area (Å²) in [6, 6.07) is 20.6. The van der Waals surface area contributed by atoms with Crippen LogP contribution < -0.4 is 16.4 Å². The first-order valence-corrected chi connectivity index (χ1v) is 14.3. The number of aromatic nitrogens is 3. The summed E-state index contributed by atoms with van der Waals surface area (Å²) in [7, 11) is 0. The Morgan fingerprint density at radius 1 is 0.930 bits per heavy atom. The van der Waals surface area contributed by atoms with Gasteiger partial charge in [0.15, 0.2) is 5.65 Å². The summed E-state index contributed by atoms with van der Waals surface area (Å²) in [6.07, 6.45) is -3.12. The molecular formula is C32H29F3N6OS. The second kappa shape index (κ2) is 12.3. The molecule has 0 saturated heterocycles. The SMILES string of the molecule is CC(C)c1ccc2c(Nc3cc(C(=O)NC(C)c4ccccc4C(F)(F)F)ccc3Sc3ccc(N)cc3)ncnc2n1. The van der Waals surface area contributed by atoms with E-state index >= 15 is 0 Å². The molecule has 5 aromatic rings. The van der Waals surface area contributed by atoms with Crippen LogP contribution in [0.25, 0.3) is 11.0 Å². The molecule has 1 amide bonds. The van der Waals surface area contributed by atoms with Crippen molar-refractivity contribution in [1.29, 1.82) is 0 Å². The Labute approximate surface area is 251 Å². The second-order valence-corrected chi connectivity index (χ2v) is 11.4. The van der Waals surface area contributed by atoms with Gasteiger partial charge in [0, 0.05) is 26.7 Å². The third-order valence-corrected chi connectivity index (χ3v) is 7.88. The number of pyridine rings is 1. The highest BCUT2D eigenvalue weighted by molar-refractivity contribution is 7.99. The van der Waals surface area contributed by atoms with Gasteiger partial charge in [-0.05, 0) is 79.1 Å². The molecule has 0 fully saturated rings. The molecule has 0 aliphatic rings. The molecule has 0 aliphatic heterocycles. The van der Waals surface area contributed by atoms with Gasteiger partial charge in [-0.2, -0.15) is 13.2 Å². The molecule has 2 aromatic heterocycles. The van der Waals surface area contributed by atoms with Gasteiger partial charge in [0.1, 0.15) is 12.1 Å². The zero-order valence-electron chi connectivity index (χ0n) is 23.6. The van der Waals surface area contributed by atoms with Gasteiger partial charge in [0.2, 0.25) is 0 Å². The number of nitrogens with two attached hydrogens (primary N) is 1. The molecule has 220 valence electrons. The van der Waals surface area contributed by atoms with E-state index < -0.39 is 23.7 Å². The lowest BCUT2D eigenvalue weighted by Gasteiger charge is -2.20. The van der Waals surface area contributed by atoms with E-state index in [0.29, 0.717) is 28.2 Å². The minimum absolute atomic E-state index is 0.0158. The van der Waals surface area contributed by atoms with Gasteiger partial charge in [-0.1, -0.05) is 43.8 Å². The number of hydrogen-bond donors (Lipinski definition) is 3.